The molecule has 0 aliphatic rings. The molecule has 0 fully saturated rings. The predicted molar refractivity (Wildman–Crippen MR) is 147 cm³/mol. The molecule has 0 radical (unpaired) electrons. The van der Waals surface area contributed by atoms with Gasteiger partial charge in [-0.1, -0.05) is 50.6 Å². The monoisotopic (exact) mass is 570 g/mol. The molecule has 0 unspecified atom stereocenters. The number of hydrogen-bond acceptors (Lipinski definition) is 6. The van der Waals surface area contributed by atoms with E-state index in [0.29, 0.717) is 38.6 Å². The number of halogens is 3. The third-order valence-corrected chi connectivity index (χ3v) is 6.27. The molecule has 40 heavy (non-hydrogen) atoms. The average molecular weight is 571 g/mol. The molecule has 2 aromatic carbocycles. The molecule has 0 aliphatic heterocycles. The largest absolute Gasteiger partial charge is 0.394 e. The van der Waals surface area contributed by atoms with Gasteiger partial charge < -0.3 is 10.8 Å². The van der Waals surface area contributed by atoms with E-state index in [1.165, 1.54) is 34.6 Å². The number of nitrogens with zero attached hydrogens (tertiary/aromatic N) is 7. The number of aliphatic hydroxyl groups is 1. The Bertz CT molecular complexity index is 1480. The van der Waals surface area contributed by atoms with E-state index in [2.05, 4.69) is 20.2 Å². The summed E-state index contributed by atoms with van der Waals surface area (Å²) in [5.41, 5.74) is 8.55. The Morgan fingerprint density at radius 2 is 1.88 bits per heavy atom. The molecule has 2 aromatic heterocycles. The fourth-order valence-electron chi connectivity index (χ4n) is 3.92. The van der Waals surface area contributed by atoms with Crippen molar-refractivity contribution in [3.05, 3.63) is 83.7 Å². The second-order valence-electron chi connectivity index (χ2n) is 10.2. The van der Waals surface area contributed by atoms with Gasteiger partial charge in [0.05, 0.1) is 29.6 Å². The smallest absolute Gasteiger partial charge is 0.333 e. The van der Waals surface area contributed by atoms with E-state index in [4.69, 9.17) is 17.3 Å². The standard InChI is InChI=1S/C27H29ClF2N8O2/c1-27(2,3)14-33-26(31)38(23(13-39)19-8-9-21(28)22(10-19)37-16-32-15-35-37)24(40)18-6-4-17(5-7-18)20-11-34-36(12-20)25(29)30/h4-12,15-16,23,25,39H,13-14H2,1-3H3,(H2,31,33)/t23-/m1/s1. The number of aliphatic imine (C=N–C) groups is 1. The summed E-state index contributed by atoms with van der Waals surface area (Å²) in [6.45, 7) is 3.06. The first-order valence-corrected chi connectivity index (χ1v) is 12.7. The maximum atomic E-state index is 13.9. The van der Waals surface area contributed by atoms with Gasteiger partial charge in [0, 0.05) is 23.9 Å². The van der Waals surface area contributed by atoms with Crippen molar-refractivity contribution in [2.75, 3.05) is 13.2 Å². The molecule has 0 saturated heterocycles. The lowest BCUT2D eigenvalue weighted by molar-refractivity contribution is 0.0566. The van der Waals surface area contributed by atoms with Gasteiger partial charge in [0.15, 0.2) is 5.96 Å². The van der Waals surface area contributed by atoms with Gasteiger partial charge in [-0.15, -0.1) is 0 Å². The lowest BCUT2D eigenvalue weighted by atomic mass is 9.97. The highest BCUT2D eigenvalue weighted by Crippen LogP contribution is 2.29. The van der Waals surface area contributed by atoms with E-state index in [1.807, 2.05) is 20.8 Å². The topological polar surface area (TPSA) is 127 Å². The zero-order chi connectivity index (χ0) is 29.0. The molecule has 13 heteroatoms. The van der Waals surface area contributed by atoms with Crippen molar-refractivity contribution in [1.29, 1.82) is 0 Å². The van der Waals surface area contributed by atoms with Crippen LogP contribution in [0.15, 0.2) is 72.5 Å². The van der Waals surface area contributed by atoms with Gasteiger partial charge in [-0.25, -0.2) is 14.3 Å². The van der Waals surface area contributed by atoms with Gasteiger partial charge in [-0.05, 0) is 40.8 Å². The van der Waals surface area contributed by atoms with Crippen LogP contribution in [0.25, 0.3) is 16.8 Å². The Morgan fingerprint density at radius 1 is 1.15 bits per heavy atom. The second kappa shape index (κ2) is 11.9. The Morgan fingerprint density at radius 3 is 2.45 bits per heavy atom. The minimum Gasteiger partial charge on any atom is -0.394 e. The van der Waals surface area contributed by atoms with Crippen LogP contribution in [0.5, 0.6) is 0 Å². The number of aromatic nitrogens is 5. The normalized spacial score (nSPS) is 13.1. The molecule has 1 amide bonds. The zero-order valence-electron chi connectivity index (χ0n) is 22.1. The molecule has 2 heterocycles. The molecular formula is C27H29ClF2N8O2. The molecule has 4 rings (SSSR count). The highest BCUT2D eigenvalue weighted by Gasteiger charge is 2.30. The van der Waals surface area contributed by atoms with Crippen molar-refractivity contribution in [3.63, 3.8) is 0 Å². The Kier molecular flexibility index (Phi) is 8.60. The quantitative estimate of drug-likeness (QED) is 0.233. The molecule has 0 bridgehead atoms. The lowest BCUT2D eigenvalue weighted by Crippen LogP contribution is -2.46. The van der Waals surface area contributed by atoms with Crippen molar-refractivity contribution >= 4 is 23.5 Å². The van der Waals surface area contributed by atoms with Crippen LogP contribution in [0, 0.1) is 5.41 Å². The summed E-state index contributed by atoms with van der Waals surface area (Å²) >= 11 is 6.39. The summed E-state index contributed by atoms with van der Waals surface area (Å²) in [6.07, 6.45) is 5.39. The summed E-state index contributed by atoms with van der Waals surface area (Å²) in [4.78, 5) is 23.5. The number of nitrogens with two attached hydrogens (primary N) is 1. The first kappa shape index (κ1) is 28.8. The van der Waals surface area contributed by atoms with Gasteiger partial charge in [0.2, 0.25) is 0 Å². The average Bonchev–Trinajstić information content (AvgIpc) is 3.63. The van der Waals surface area contributed by atoms with Gasteiger partial charge in [0.25, 0.3) is 5.91 Å². The second-order valence-corrected chi connectivity index (χ2v) is 10.6. The SMILES string of the molecule is CC(C)(C)CN=C(N)N(C(=O)c1ccc(-c2cnn(C(F)F)c2)cc1)[C@H](CO)c1ccc(Cl)c(-n2cncn2)c1. The number of rotatable bonds is 8. The number of hydrogen-bond donors (Lipinski definition) is 2. The van der Waals surface area contributed by atoms with Crippen molar-refractivity contribution in [3.8, 4) is 16.8 Å². The fraction of sp³-hybridized carbons (Fsp3) is 0.296. The maximum absolute atomic E-state index is 13.9. The van der Waals surface area contributed by atoms with Crippen LogP contribution >= 0.6 is 11.6 Å². The summed E-state index contributed by atoms with van der Waals surface area (Å²) in [5, 5.41) is 18.7. The van der Waals surface area contributed by atoms with Crippen molar-refractivity contribution in [2.45, 2.75) is 33.4 Å². The minimum atomic E-state index is -2.76. The third-order valence-electron chi connectivity index (χ3n) is 5.95. The van der Waals surface area contributed by atoms with Crippen molar-refractivity contribution < 1.29 is 18.7 Å². The molecular weight excluding hydrogens is 542 g/mol. The number of amides is 1. The summed E-state index contributed by atoms with van der Waals surface area (Å²) in [5.74, 6) is -0.584. The third kappa shape index (κ3) is 6.52. The number of guanidine groups is 1. The van der Waals surface area contributed by atoms with Gasteiger partial charge in [-0.2, -0.15) is 19.0 Å². The number of benzene rings is 2. The molecule has 1 atom stereocenters. The van der Waals surface area contributed by atoms with E-state index in [0.717, 1.165) is 0 Å². The van der Waals surface area contributed by atoms with E-state index in [1.54, 1.807) is 42.5 Å². The first-order valence-electron chi connectivity index (χ1n) is 12.3. The van der Waals surface area contributed by atoms with Crippen LogP contribution in [0.2, 0.25) is 5.02 Å². The minimum absolute atomic E-state index is 0.0708. The molecule has 4 aromatic rings. The van der Waals surface area contributed by atoms with Crippen LogP contribution in [0.4, 0.5) is 8.78 Å². The van der Waals surface area contributed by atoms with E-state index >= 15 is 0 Å². The van der Waals surface area contributed by atoms with Gasteiger partial charge in [0.1, 0.15) is 12.7 Å². The lowest BCUT2D eigenvalue weighted by Gasteiger charge is -2.31. The predicted octanol–water partition coefficient (Wildman–Crippen LogP) is 4.72. The molecule has 210 valence electrons. The van der Waals surface area contributed by atoms with Crippen LogP contribution in [0.1, 0.15) is 49.3 Å². The zero-order valence-corrected chi connectivity index (χ0v) is 22.9. The Labute approximate surface area is 234 Å². The molecule has 10 nitrogen and oxygen atoms in total. The number of aliphatic hydroxyl groups excluding tert-OH is 1. The number of carbonyl (C=O) groups excluding carboxylic acids is 1. The number of alkyl halides is 2. The van der Waals surface area contributed by atoms with Crippen LogP contribution in [-0.4, -0.2) is 59.6 Å². The summed E-state index contributed by atoms with van der Waals surface area (Å²) in [7, 11) is 0. The highest BCUT2D eigenvalue weighted by molar-refractivity contribution is 6.32. The van der Waals surface area contributed by atoms with E-state index in [-0.39, 0.29) is 16.9 Å². The van der Waals surface area contributed by atoms with E-state index in [9.17, 15) is 18.7 Å². The van der Waals surface area contributed by atoms with Gasteiger partial charge in [-0.3, -0.25) is 14.7 Å². The van der Waals surface area contributed by atoms with Crippen LogP contribution in [0.3, 0.4) is 0 Å². The molecule has 3 N–H and O–H groups in total. The van der Waals surface area contributed by atoms with Crippen molar-refractivity contribution in [2.24, 2.45) is 16.1 Å². The van der Waals surface area contributed by atoms with Crippen LogP contribution in [-0.2, 0) is 0 Å². The molecule has 0 spiro atoms. The summed E-state index contributed by atoms with van der Waals surface area (Å²) in [6, 6.07) is 10.5. The number of carbonyl (C=O) groups is 1. The Balaban J connectivity index is 1.72. The molecule has 0 saturated carbocycles. The maximum Gasteiger partial charge on any atom is 0.333 e. The fourth-order valence-corrected chi connectivity index (χ4v) is 4.12. The van der Waals surface area contributed by atoms with Gasteiger partial charge >= 0.3 is 6.55 Å². The summed E-state index contributed by atoms with van der Waals surface area (Å²) < 4.78 is 27.9. The Hall–Kier alpha value is -4.16. The van der Waals surface area contributed by atoms with Crippen molar-refractivity contribution in [1.82, 2.24) is 29.4 Å². The first-order chi connectivity index (χ1) is 19.0. The molecule has 0 aliphatic carbocycles. The highest BCUT2D eigenvalue weighted by atomic mass is 35.5. The van der Waals surface area contributed by atoms with Crippen LogP contribution < -0.4 is 5.73 Å². The van der Waals surface area contributed by atoms with E-state index < -0.39 is 25.1 Å².